The third kappa shape index (κ3) is 5.92. The van der Waals surface area contributed by atoms with Crippen LogP contribution in [-0.4, -0.2) is 24.1 Å². The SMILES string of the molecule is CCOP(=O)(OCC)Oc1c(C)cc(C)cc1C(=O)Nc1nc2ccc(C(F)(F)F)cc2s1. The Kier molecular flexibility index (Phi) is 7.48. The number of hydrogen-bond acceptors (Lipinski definition) is 7. The van der Waals surface area contributed by atoms with Crippen molar-refractivity contribution in [3.63, 3.8) is 0 Å². The number of phosphoric ester groups is 1. The average Bonchev–Trinajstić information content (AvgIpc) is 3.11. The predicted octanol–water partition coefficient (Wildman–Crippen LogP) is 6.74. The summed E-state index contributed by atoms with van der Waals surface area (Å²) in [5.41, 5.74) is 0.842. The van der Waals surface area contributed by atoms with Crippen LogP contribution in [-0.2, 0) is 19.8 Å². The Bertz CT molecular complexity index is 1220. The smallest absolute Gasteiger partial charge is 0.403 e. The third-order valence-corrected chi connectivity index (χ3v) is 6.87. The van der Waals surface area contributed by atoms with Crippen molar-refractivity contribution in [2.45, 2.75) is 33.9 Å². The number of halogens is 3. The molecule has 3 rings (SSSR count). The van der Waals surface area contributed by atoms with Crippen molar-refractivity contribution < 1.29 is 36.1 Å². The van der Waals surface area contributed by atoms with E-state index < -0.39 is 25.5 Å². The second-order valence-corrected chi connectivity index (χ2v) is 9.61. The van der Waals surface area contributed by atoms with Crippen molar-refractivity contribution in [3.8, 4) is 5.75 Å². The van der Waals surface area contributed by atoms with E-state index >= 15 is 0 Å². The fraction of sp³-hybridized carbons (Fsp3) is 0.333. The number of benzene rings is 2. The summed E-state index contributed by atoms with van der Waals surface area (Å²) in [4.78, 5) is 17.3. The van der Waals surface area contributed by atoms with Gasteiger partial charge in [0, 0.05) is 0 Å². The number of thiazole rings is 1. The van der Waals surface area contributed by atoms with Gasteiger partial charge in [-0.25, -0.2) is 9.55 Å². The fourth-order valence-corrected chi connectivity index (χ4v) is 5.26. The van der Waals surface area contributed by atoms with Gasteiger partial charge in [0.15, 0.2) is 5.13 Å². The number of aromatic nitrogens is 1. The Morgan fingerprint density at radius 2 is 1.79 bits per heavy atom. The summed E-state index contributed by atoms with van der Waals surface area (Å²) in [5.74, 6) is -0.616. The van der Waals surface area contributed by atoms with Gasteiger partial charge >= 0.3 is 14.0 Å². The number of carbonyl (C=O) groups excluding carboxylic acids is 1. The first-order chi connectivity index (χ1) is 15.5. The second kappa shape index (κ2) is 9.80. The summed E-state index contributed by atoms with van der Waals surface area (Å²) in [6.07, 6.45) is -4.48. The maximum Gasteiger partial charge on any atom is 0.530 e. The molecule has 178 valence electrons. The van der Waals surface area contributed by atoms with E-state index in [0.29, 0.717) is 11.1 Å². The molecule has 12 heteroatoms. The van der Waals surface area contributed by atoms with Gasteiger partial charge in [-0.1, -0.05) is 17.4 Å². The van der Waals surface area contributed by atoms with Crippen molar-refractivity contribution >= 4 is 40.4 Å². The summed E-state index contributed by atoms with van der Waals surface area (Å²) in [6.45, 7) is 6.83. The van der Waals surface area contributed by atoms with Crippen molar-refractivity contribution in [1.82, 2.24) is 4.98 Å². The highest BCUT2D eigenvalue weighted by molar-refractivity contribution is 7.48. The van der Waals surface area contributed by atoms with Crippen molar-refractivity contribution in [3.05, 3.63) is 52.6 Å². The van der Waals surface area contributed by atoms with Crippen LogP contribution in [0.25, 0.3) is 10.2 Å². The van der Waals surface area contributed by atoms with Crippen LogP contribution >= 0.6 is 19.2 Å². The molecule has 0 aliphatic rings. The number of carbonyl (C=O) groups is 1. The van der Waals surface area contributed by atoms with Gasteiger partial charge in [0.05, 0.1) is 34.6 Å². The summed E-state index contributed by atoms with van der Waals surface area (Å²) < 4.78 is 68.0. The molecule has 1 heterocycles. The maximum atomic E-state index is 13.1. The molecule has 1 aromatic heterocycles. The molecular weight excluding hydrogens is 480 g/mol. The highest BCUT2D eigenvalue weighted by Gasteiger charge is 2.32. The average molecular weight is 502 g/mol. The van der Waals surface area contributed by atoms with E-state index in [4.69, 9.17) is 13.6 Å². The maximum absolute atomic E-state index is 13.1. The van der Waals surface area contributed by atoms with Crippen LogP contribution in [0.15, 0.2) is 30.3 Å². The van der Waals surface area contributed by atoms with E-state index in [-0.39, 0.29) is 34.4 Å². The van der Waals surface area contributed by atoms with Gasteiger partial charge in [-0.15, -0.1) is 0 Å². The first kappa shape index (κ1) is 25.2. The summed E-state index contributed by atoms with van der Waals surface area (Å²) in [7, 11) is -3.98. The topological polar surface area (TPSA) is 86.8 Å². The first-order valence-corrected chi connectivity index (χ1v) is 12.2. The summed E-state index contributed by atoms with van der Waals surface area (Å²) >= 11 is 0.906. The van der Waals surface area contributed by atoms with E-state index in [0.717, 1.165) is 29.0 Å². The number of phosphoric acid groups is 1. The monoisotopic (exact) mass is 502 g/mol. The number of nitrogens with one attached hydrogen (secondary N) is 1. The van der Waals surface area contributed by atoms with Gasteiger partial charge < -0.3 is 4.52 Å². The van der Waals surface area contributed by atoms with Crippen LogP contribution in [0.2, 0.25) is 0 Å². The molecule has 0 bridgehead atoms. The zero-order chi connectivity index (χ0) is 24.4. The Morgan fingerprint density at radius 1 is 1.12 bits per heavy atom. The molecular formula is C21H22F3N2O5PS. The van der Waals surface area contributed by atoms with Crippen LogP contribution in [0.1, 0.15) is 40.9 Å². The van der Waals surface area contributed by atoms with Gasteiger partial charge in [-0.3, -0.25) is 19.2 Å². The number of anilines is 1. The molecule has 0 aliphatic carbocycles. The van der Waals surface area contributed by atoms with Gasteiger partial charge in [-0.2, -0.15) is 13.2 Å². The fourth-order valence-electron chi connectivity index (χ4n) is 3.08. The van der Waals surface area contributed by atoms with Crippen LogP contribution in [0.5, 0.6) is 5.75 Å². The van der Waals surface area contributed by atoms with E-state index in [2.05, 4.69) is 10.3 Å². The van der Waals surface area contributed by atoms with Crippen molar-refractivity contribution in [2.75, 3.05) is 18.5 Å². The minimum atomic E-state index is -4.48. The number of rotatable bonds is 8. The number of fused-ring (bicyclic) bond motifs is 1. The Balaban J connectivity index is 1.94. The van der Waals surface area contributed by atoms with Crippen LogP contribution in [0.3, 0.4) is 0 Å². The van der Waals surface area contributed by atoms with E-state index in [9.17, 15) is 22.5 Å². The largest absolute Gasteiger partial charge is 0.530 e. The van der Waals surface area contributed by atoms with Gasteiger partial charge in [-0.05, 0) is 63.1 Å². The lowest BCUT2D eigenvalue weighted by molar-refractivity contribution is -0.137. The van der Waals surface area contributed by atoms with Crippen LogP contribution < -0.4 is 9.84 Å². The lowest BCUT2D eigenvalue weighted by Gasteiger charge is -2.20. The number of aryl methyl sites for hydroxylation is 2. The summed E-state index contributed by atoms with van der Waals surface area (Å²) in [6, 6.07) is 6.44. The molecule has 3 aromatic rings. The summed E-state index contributed by atoms with van der Waals surface area (Å²) in [5, 5.41) is 2.69. The zero-order valence-electron chi connectivity index (χ0n) is 18.3. The Hall–Kier alpha value is -2.46. The first-order valence-electron chi connectivity index (χ1n) is 9.95. The Labute approximate surface area is 192 Å². The van der Waals surface area contributed by atoms with Crippen LogP contribution in [0, 0.1) is 13.8 Å². The third-order valence-electron chi connectivity index (χ3n) is 4.38. The molecule has 0 fully saturated rings. The molecule has 0 spiro atoms. The molecule has 2 aromatic carbocycles. The van der Waals surface area contributed by atoms with Crippen LogP contribution in [0.4, 0.5) is 18.3 Å². The molecule has 0 unspecified atom stereocenters. The van der Waals surface area contributed by atoms with E-state index in [1.165, 1.54) is 12.1 Å². The number of amides is 1. The second-order valence-electron chi connectivity index (χ2n) is 6.99. The van der Waals surface area contributed by atoms with Crippen molar-refractivity contribution in [2.24, 2.45) is 0 Å². The number of nitrogens with zero attached hydrogens (tertiary/aromatic N) is 1. The molecule has 33 heavy (non-hydrogen) atoms. The minimum absolute atomic E-state index is 0.0174. The molecule has 0 radical (unpaired) electrons. The highest BCUT2D eigenvalue weighted by atomic mass is 32.1. The highest BCUT2D eigenvalue weighted by Crippen LogP contribution is 2.51. The standard InChI is InChI=1S/C21H22F3N2O5PS/c1-5-29-32(28,30-6-2)31-18-13(4)9-12(3)10-15(18)19(27)26-20-25-16-8-7-14(21(22,23)24)11-17(16)33-20/h7-11H,5-6H2,1-4H3,(H,25,26,27). The predicted molar refractivity (Wildman–Crippen MR) is 120 cm³/mol. The molecule has 0 aliphatic heterocycles. The molecule has 0 atom stereocenters. The molecule has 0 saturated heterocycles. The normalized spacial score (nSPS) is 12.2. The van der Waals surface area contributed by atoms with E-state index in [1.54, 1.807) is 33.8 Å². The number of hydrogen-bond donors (Lipinski definition) is 1. The lowest BCUT2D eigenvalue weighted by Crippen LogP contribution is -2.15. The quantitative estimate of drug-likeness (QED) is 0.343. The molecule has 1 N–H and O–H groups in total. The molecule has 1 amide bonds. The lowest BCUT2D eigenvalue weighted by atomic mass is 10.1. The molecule has 7 nitrogen and oxygen atoms in total. The molecule has 0 saturated carbocycles. The van der Waals surface area contributed by atoms with Gasteiger partial charge in [0.25, 0.3) is 5.91 Å². The van der Waals surface area contributed by atoms with E-state index in [1.807, 2.05) is 0 Å². The number of alkyl halides is 3. The van der Waals surface area contributed by atoms with Crippen molar-refractivity contribution in [1.29, 1.82) is 0 Å². The Morgan fingerprint density at radius 3 is 2.39 bits per heavy atom. The minimum Gasteiger partial charge on any atom is -0.403 e. The zero-order valence-corrected chi connectivity index (χ0v) is 20.0. The van der Waals surface area contributed by atoms with Gasteiger partial charge in [0.2, 0.25) is 0 Å². The van der Waals surface area contributed by atoms with Gasteiger partial charge in [0.1, 0.15) is 5.75 Å².